The summed E-state index contributed by atoms with van der Waals surface area (Å²) in [7, 11) is 0. The molecule has 4 bridgehead atoms. The predicted molar refractivity (Wildman–Crippen MR) is 64.7 cm³/mol. The molecule has 4 fully saturated rings. The van der Waals surface area contributed by atoms with Crippen LogP contribution in [0.2, 0.25) is 0 Å². The van der Waals surface area contributed by atoms with Crippen LogP contribution < -0.4 is 0 Å². The molecule has 0 aliphatic heterocycles. The van der Waals surface area contributed by atoms with E-state index in [0.29, 0.717) is 30.8 Å². The highest BCUT2D eigenvalue weighted by Gasteiger charge is 2.63. The summed E-state index contributed by atoms with van der Waals surface area (Å²) in [5.41, 5.74) is -1.24. The first-order valence-corrected chi connectivity index (χ1v) is 6.63. The Morgan fingerprint density at radius 3 is 2.72 bits per heavy atom. The lowest BCUT2D eigenvalue weighted by Gasteiger charge is -2.61. The van der Waals surface area contributed by atoms with Crippen LogP contribution in [0.15, 0.2) is 12.2 Å². The zero-order chi connectivity index (χ0) is 13.1. The van der Waals surface area contributed by atoms with Crippen molar-refractivity contribution in [3.05, 3.63) is 12.2 Å². The van der Waals surface area contributed by atoms with Gasteiger partial charge in [0.15, 0.2) is 0 Å². The van der Waals surface area contributed by atoms with Crippen LogP contribution in [0.4, 0.5) is 0 Å². The summed E-state index contributed by atoms with van der Waals surface area (Å²) in [6.07, 6.45) is 2.77. The Bertz CT molecular complexity index is 418. The van der Waals surface area contributed by atoms with Crippen molar-refractivity contribution in [2.75, 3.05) is 0 Å². The lowest BCUT2D eigenvalue weighted by atomic mass is 9.51. The summed E-state index contributed by atoms with van der Waals surface area (Å²) in [6.45, 7) is 5.23. The molecule has 0 heterocycles. The van der Waals surface area contributed by atoms with Crippen molar-refractivity contribution in [3.8, 4) is 0 Å². The van der Waals surface area contributed by atoms with Crippen LogP contribution in [0.5, 0.6) is 0 Å². The highest BCUT2D eigenvalue weighted by Crippen LogP contribution is 2.58. The molecule has 0 saturated heterocycles. The summed E-state index contributed by atoms with van der Waals surface area (Å²) < 4.78 is 5.62. The van der Waals surface area contributed by atoms with E-state index in [-0.39, 0.29) is 11.9 Å². The van der Waals surface area contributed by atoms with Crippen LogP contribution in [0, 0.1) is 11.8 Å². The van der Waals surface area contributed by atoms with E-state index in [1.165, 1.54) is 0 Å². The van der Waals surface area contributed by atoms with Crippen molar-refractivity contribution in [1.29, 1.82) is 0 Å². The van der Waals surface area contributed by atoms with E-state index in [1.807, 2.05) is 0 Å². The van der Waals surface area contributed by atoms with Crippen molar-refractivity contribution in [2.24, 2.45) is 11.8 Å². The molecule has 4 rings (SSSR count). The molecule has 0 spiro atoms. The molecule has 4 nitrogen and oxygen atoms in total. The minimum Gasteiger partial charge on any atom is -0.456 e. The fraction of sp³-hybridized carbons (Fsp3) is 0.786. The van der Waals surface area contributed by atoms with Gasteiger partial charge in [-0.2, -0.15) is 0 Å². The van der Waals surface area contributed by atoms with E-state index in [1.54, 1.807) is 6.92 Å². The van der Waals surface area contributed by atoms with E-state index in [2.05, 4.69) is 6.58 Å². The van der Waals surface area contributed by atoms with Gasteiger partial charge in [0.05, 0.1) is 11.7 Å². The first-order chi connectivity index (χ1) is 8.34. The maximum Gasteiger partial charge on any atom is 0.333 e. The van der Waals surface area contributed by atoms with Crippen LogP contribution >= 0.6 is 0 Å². The van der Waals surface area contributed by atoms with E-state index in [0.717, 1.165) is 12.8 Å². The monoisotopic (exact) mass is 252 g/mol. The zero-order valence-electron chi connectivity index (χ0n) is 10.7. The van der Waals surface area contributed by atoms with Gasteiger partial charge in [0.25, 0.3) is 0 Å². The first-order valence-electron chi connectivity index (χ1n) is 6.63. The average Bonchev–Trinajstić information content (AvgIpc) is 2.23. The highest BCUT2D eigenvalue weighted by atomic mass is 16.6. The van der Waals surface area contributed by atoms with Crippen molar-refractivity contribution in [3.63, 3.8) is 0 Å². The molecule has 0 aromatic heterocycles. The average molecular weight is 252 g/mol. The van der Waals surface area contributed by atoms with Gasteiger partial charge in [-0.3, -0.25) is 0 Å². The van der Waals surface area contributed by atoms with Crippen molar-refractivity contribution in [1.82, 2.24) is 0 Å². The Kier molecular flexibility index (Phi) is 2.42. The van der Waals surface area contributed by atoms with Crippen LogP contribution in [0.3, 0.4) is 0 Å². The molecule has 0 radical (unpaired) electrons. The second kappa shape index (κ2) is 3.58. The number of carbonyl (C=O) groups is 1. The molecule has 4 heteroatoms. The Balaban J connectivity index is 1.87. The van der Waals surface area contributed by atoms with Crippen LogP contribution in [-0.4, -0.2) is 33.5 Å². The topological polar surface area (TPSA) is 66.8 Å². The van der Waals surface area contributed by atoms with E-state index < -0.39 is 17.3 Å². The molecule has 0 aromatic rings. The SMILES string of the molecule is C=C(C)C(=O)OC12CC3CC(C1)C(O)C(O)(C3)C2. The molecular formula is C14H20O4. The maximum atomic E-state index is 11.7. The second-order valence-electron chi connectivity index (χ2n) is 6.55. The highest BCUT2D eigenvalue weighted by molar-refractivity contribution is 5.87. The summed E-state index contributed by atoms with van der Waals surface area (Å²) in [6, 6.07) is 0. The van der Waals surface area contributed by atoms with Crippen LogP contribution in [0.25, 0.3) is 0 Å². The number of rotatable bonds is 2. The summed E-state index contributed by atoms with van der Waals surface area (Å²) in [4.78, 5) is 11.7. The second-order valence-corrected chi connectivity index (χ2v) is 6.55. The Hall–Kier alpha value is -0.870. The van der Waals surface area contributed by atoms with E-state index >= 15 is 0 Å². The molecule has 0 aromatic carbocycles. The van der Waals surface area contributed by atoms with Crippen molar-refractivity contribution in [2.45, 2.75) is 56.3 Å². The van der Waals surface area contributed by atoms with Crippen LogP contribution in [0.1, 0.15) is 39.0 Å². The summed E-state index contributed by atoms with van der Waals surface area (Å²) >= 11 is 0. The number of ether oxygens (including phenoxy) is 1. The molecule has 5 unspecified atom stereocenters. The number of carbonyl (C=O) groups excluding carboxylic acids is 1. The lowest BCUT2D eigenvalue weighted by Crippen LogP contribution is -2.67. The van der Waals surface area contributed by atoms with Gasteiger partial charge < -0.3 is 14.9 Å². The molecule has 100 valence electrons. The number of aliphatic hydroxyl groups is 2. The summed E-state index contributed by atoms with van der Waals surface area (Å²) in [5.74, 6) is 0.0491. The van der Waals surface area contributed by atoms with Crippen molar-refractivity contribution < 1.29 is 19.7 Å². The fourth-order valence-electron chi connectivity index (χ4n) is 4.42. The third-order valence-electron chi connectivity index (χ3n) is 4.86. The van der Waals surface area contributed by atoms with Crippen molar-refractivity contribution >= 4 is 5.97 Å². The molecule has 18 heavy (non-hydrogen) atoms. The van der Waals surface area contributed by atoms with Crippen LogP contribution in [-0.2, 0) is 9.53 Å². The minimum absolute atomic E-state index is 0.0640. The van der Waals surface area contributed by atoms with Gasteiger partial charge in [-0.05, 0) is 44.4 Å². The molecule has 4 saturated carbocycles. The number of esters is 1. The van der Waals surface area contributed by atoms with Gasteiger partial charge in [-0.1, -0.05) is 6.58 Å². The smallest absolute Gasteiger partial charge is 0.333 e. The fourth-order valence-corrected chi connectivity index (χ4v) is 4.42. The van der Waals surface area contributed by atoms with E-state index in [4.69, 9.17) is 4.74 Å². The minimum atomic E-state index is -1.06. The maximum absolute atomic E-state index is 11.7. The van der Waals surface area contributed by atoms with Gasteiger partial charge in [0.2, 0.25) is 0 Å². The Labute approximate surface area is 107 Å². The van der Waals surface area contributed by atoms with Gasteiger partial charge in [-0.15, -0.1) is 0 Å². The Morgan fingerprint density at radius 2 is 2.11 bits per heavy atom. The van der Waals surface area contributed by atoms with Gasteiger partial charge in [0.1, 0.15) is 5.60 Å². The normalized spacial score (nSPS) is 49.2. The summed E-state index contributed by atoms with van der Waals surface area (Å²) in [5, 5.41) is 20.7. The lowest BCUT2D eigenvalue weighted by molar-refractivity contribution is -0.258. The number of hydrogen-bond donors (Lipinski definition) is 2. The predicted octanol–water partition coefficient (Wildman–Crippen LogP) is 1.16. The number of hydrogen-bond acceptors (Lipinski definition) is 4. The Morgan fingerprint density at radius 1 is 1.39 bits per heavy atom. The molecular weight excluding hydrogens is 232 g/mol. The van der Waals surface area contributed by atoms with E-state index in [9.17, 15) is 15.0 Å². The first kappa shape index (κ1) is 12.2. The third kappa shape index (κ3) is 1.62. The molecule has 4 aliphatic carbocycles. The third-order valence-corrected chi connectivity index (χ3v) is 4.86. The van der Waals surface area contributed by atoms with Gasteiger partial charge >= 0.3 is 5.97 Å². The zero-order valence-corrected chi connectivity index (χ0v) is 10.7. The largest absolute Gasteiger partial charge is 0.456 e. The van der Waals surface area contributed by atoms with Gasteiger partial charge in [-0.25, -0.2) is 4.79 Å². The molecule has 2 N–H and O–H groups in total. The standard InChI is InChI=1S/C14H20O4/c1-8(2)12(16)18-13-4-9-3-10(6-13)11(15)14(17,5-9)7-13/h9-11,15,17H,1,3-7H2,2H3. The molecule has 4 aliphatic rings. The number of aliphatic hydroxyl groups excluding tert-OH is 1. The molecule has 0 amide bonds. The van der Waals surface area contributed by atoms with Gasteiger partial charge in [0, 0.05) is 12.0 Å². The quantitative estimate of drug-likeness (QED) is 0.571. The molecule has 5 atom stereocenters.